The van der Waals surface area contributed by atoms with Crippen molar-refractivity contribution in [2.24, 2.45) is 0 Å². The van der Waals surface area contributed by atoms with Gasteiger partial charge in [-0.25, -0.2) is 0 Å². The standard InChI is InChI=1S/C22H34N5O11P/c28-20(29)14-23-5-6-24(15-21(30)31)9-11-26(12-10-25(8-7-23)16-39(36,37)38)19(22(32)33)13-17-1-3-18(4-2-17)27(34)35/h1-4,19H,5-16H2,(H,28,29)(H,30,31)(H,32,33)(H2,36,37,38). The molecule has 1 aromatic rings. The third-order valence-corrected chi connectivity index (χ3v) is 7.04. The Balaban J connectivity index is 2.32. The molecule has 1 unspecified atom stereocenters. The lowest BCUT2D eigenvalue weighted by atomic mass is 10.0. The Kier molecular flexibility index (Phi) is 12.4. The quantitative estimate of drug-likeness (QED) is 0.123. The van der Waals surface area contributed by atoms with Gasteiger partial charge in [-0.1, -0.05) is 12.1 Å². The zero-order chi connectivity index (χ0) is 29.2. The lowest BCUT2D eigenvalue weighted by molar-refractivity contribution is -0.384. The summed E-state index contributed by atoms with van der Waals surface area (Å²) in [5.41, 5.74) is 0.379. The highest BCUT2D eigenvalue weighted by Crippen LogP contribution is 2.35. The van der Waals surface area contributed by atoms with Gasteiger partial charge in [0.1, 0.15) is 12.3 Å². The van der Waals surface area contributed by atoms with Gasteiger partial charge in [0.15, 0.2) is 0 Å². The summed E-state index contributed by atoms with van der Waals surface area (Å²) >= 11 is 0. The van der Waals surface area contributed by atoms with Gasteiger partial charge in [-0.15, -0.1) is 0 Å². The lowest BCUT2D eigenvalue weighted by Gasteiger charge is -2.35. The van der Waals surface area contributed by atoms with E-state index in [2.05, 4.69) is 0 Å². The minimum absolute atomic E-state index is 0.0167. The van der Waals surface area contributed by atoms with Crippen LogP contribution in [0.1, 0.15) is 5.56 Å². The van der Waals surface area contributed by atoms with Crippen molar-refractivity contribution in [1.82, 2.24) is 19.6 Å². The molecule has 1 saturated heterocycles. The van der Waals surface area contributed by atoms with Gasteiger partial charge in [-0.3, -0.25) is 48.7 Å². The summed E-state index contributed by atoms with van der Waals surface area (Å²) in [6.45, 7) is 0.227. The molecule has 16 nitrogen and oxygen atoms in total. The normalized spacial score (nSPS) is 18.5. The van der Waals surface area contributed by atoms with Crippen molar-refractivity contribution in [2.45, 2.75) is 12.5 Å². The molecule has 1 aliphatic rings. The highest BCUT2D eigenvalue weighted by Gasteiger charge is 2.29. The maximum Gasteiger partial charge on any atom is 0.339 e. The minimum Gasteiger partial charge on any atom is -0.480 e. The van der Waals surface area contributed by atoms with Crippen LogP contribution in [0.5, 0.6) is 0 Å². The van der Waals surface area contributed by atoms with Crippen LogP contribution >= 0.6 is 7.60 Å². The number of carboxylic acids is 3. The van der Waals surface area contributed by atoms with Crippen molar-refractivity contribution in [1.29, 1.82) is 0 Å². The number of rotatable bonds is 11. The molecule has 0 radical (unpaired) electrons. The number of hydrogen-bond donors (Lipinski definition) is 5. The number of nitrogens with zero attached hydrogens (tertiary/aromatic N) is 5. The van der Waals surface area contributed by atoms with E-state index < -0.39 is 42.8 Å². The van der Waals surface area contributed by atoms with Crippen molar-refractivity contribution in [3.05, 3.63) is 39.9 Å². The zero-order valence-electron chi connectivity index (χ0n) is 21.2. The number of benzene rings is 1. The average Bonchev–Trinajstić information content (AvgIpc) is 2.81. The highest BCUT2D eigenvalue weighted by molar-refractivity contribution is 7.51. The molecule has 17 heteroatoms. The van der Waals surface area contributed by atoms with E-state index >= 15 is 0 Å². The highest BCUT2D eigenvalue weighted by atomic mass is 31.2. The number of carbonyl (C=O) groups is 3. The molecule has 39 heavy (non-hydrogen) atoms. The van der Waals surface area contributed by atoms with Crippen LogP contribution in [0.3, 0.4) is 0 Å². The lowest BCUT2D eigenvalue weighted by Crippen LogP contribution is -2.52. The summed E-state index contributed by atoms with van der Waals surface area (Å²) in [6, 6.07) is 4.34. The maximum atomic E-state index is 12.3. The van der Waals surface area contributed by atoms with E-state index in [9.17, 15) is 54.2 Å². The first-order chi connectivity index (χ1) is 18.2. The first kappa shape index (κ1) is 32.2. The van der Waals surface area contributed by atoms with Gasteiger partial charge in [0.25, 0.3) is 5.69 Å². The van der Waals surface area contributed by atoms with Crippen molar-refractivity contribution in [2.75, 3.05) is 71.7 Å². The first-order valence-corrected chi connectivity index (χ1v) is 13.9. The van der Waals surface area contributed by atoms with E-state index in [-0.39, 0.29) is 77.6 Å². The predicted molar refractivity (Wildman–Crippen MR) is 136 cm³/mol. The van der Waals surface area contributed by atoms with Crippen LogP contribution in [0.4, 0.5) is 5.69 Å². The second kappa shape index (κ2) is 15.0. The summed E-state index contributed by atoms with van der Waals surface area (Å²) in [4.78, 5) is 70.7. The number of nitro groups is 1. The topological polar surface area (TPSA) is 226 Å². The van der Waals surface area contributed by atoms with Crippen molar-refractivity contribution < 1.29 is 49.0 Å². The smallest absolute Gasteiger partial charge is 0.339 e. The fourth-order valence-corrected chi connectivity index (χ4v) is 5.12. The molecule has 1 fully saturated rings. The van der Waals surface area contributed by atoms with Crippen molar-refractivity contribution in [3.63, 3.8) is 0 Å². The second-order valence-electron chi connectivity index (χ2n) is 9.28. The molecule has 1 aromatic carbocycles. The summed E-state index contributed by atoms with van der Waals surface area (Å²) in [5, 5.41) is 39.6. The van der Waals surface area contributed by atoms with Crippen LogP contribution in [0.15, 0.2) is 24.3 Å². The summed E-state index contributed by atoms with van der Waals surface area (Å²) in [5.74, 6) is -3.39. The summed E-state index contributed by atoms with van der Waals surface area (Å²) < 4.78 is 11.7. The van der Waals surface area contributed by atoms with Gasteiger partial charge in [0.05, 0.1) is 18.0 Å². The molecule has 5 N–H and O–H groups in total. The zero-order valence-corrected chi connectivity index (χ0v) is 22.1. The molecule has 0 aliphatic carbocycles. The summed E-state index contributed by atoms with van der Waals surface area (Å²) in [6.07, 6.45) is -0.621. The molecular weight excluding hydrogens is 541 g/mol. The van der Waals surface area contributed by atoms with E-state index in [4.69, 9.17) is 0 Å². The number of nitro benzene ring substituents is 1. The fraction of sp³-hybridized carbons (Fsp3) is 0.591. The van der Waals surface area contributed by atoms with Gasteiger partial charge in [-0.05, 0) is 12.0 Å². The Morgan fingerprint density at radius 3 is 1.67 bits per heavy atom. The largest absolute Gasteiger partial charge is 0.480 e. The molecule has 0 spiro atoms. The molecule has 218 valence electrons. The Bertz CT molecular complexity index is 1050. The van der Waals surface area contributed by atoms with E-state index in [0.717, 1.165) is 0 Å². The molecule has 0 aromatic heterocycles. The molecule has 1 heterocycles. The van der Waals surface area contributed by atoms with E-state index in [1.165, 1.54) is 29.2 Å². The molecule has 0 amide bonds. The number of carboxylic acid groups (broad SMARTS) is 3. The molecule has 0 saturated carbocycles. The Morgan fingerprint density at radius 2 is 1.26 bits per heavy atom. The molecule has 1 atom stereocenters. The number of non-ortho nitro benzene ring substituents is 1. The third kappa shape index (κ3) is 12.2. The van der Waals surface area contributed by atoms with Gasteiger partial charge in [-0.2, -0.15) is 0 Å². The average molecular weight is 576 g/mol. The Morgan fingerprint density at radius 1 is 0.821 bits per heavy atom. The van der Waals surface area contributed by atoms with Crippen molar-refractivity contribution in [3.8, 4) is 0 Å². The van der Waals surface area contributed by atoms with E-state index in [0.29, 0.717) is 5.56 Å². The van der Waals surface area contributed by atoms with Gasteiger partial charge in [0, 0.05) is 64.5 Å². The van der Waals surface area contributed by atoms with Crippen LogP contribution in [0.25, 0.3) is 0 Å². The van der Waals surface area contributed by atoms with Gasteiger partial charge >= 0.3 is 25.5 Å². The van der Waals surface area contributed by atoms with E-state index in [1.54, 1.807) is 14.7 Å². The number of aliphatic carboxylic acids is 3. The molecular formula is C22H34N5O11P. The Hall–Kier alpha value is -2.98. The van der Waals surface area contributed by atoms with Crippen LogP contribution < -0.4 is 0 Å². The first-order valence-electron chi connectivity index (χ1n) is 12.1. The molecule has 2 rings (SSSR count). The summed E-state index contributed by atoms with van der Waals surface area (Å²) in [7, 11) is -4.49. The predicted octanol–water partition coefficient (Wildman–Crippen LogP) is -0.883. The van der Waals surface area contributed by atoms with Crippen LogP contribution in [0.2, 0.25) is 0 Å². The monoisotopic (exact) mass is 575 g/mol. The fourth-order valence-electron chi connectivity index (χ4n) is 4.31. The minimum atomic E-state index is -4.49. The Labute approximate surface area is 224 Å². The van der Waals surface area contributed by atoms with Crippen molar-refractivity contribution >= 4 is 31.2 Å². The number of hydrogen-bond acceptors (Lipinski definition) is 10. The van der Waals surface area contributed by atoms with Gasteiger partial charge in [0.2, 0.25) is 0 Å². The van der Waals surface area contributed by atoms with Crippen LogP contribution in [0, 0.1) is 10.1 Å². The van der Waals surface area contributed by atoms with Gasteiger partial charge < -0.3 is 25.1 Å². The van der Waals surface area contributed by atoms with Crippen LogP contribution in [-0.2, 0) is 25.4 Å². The maximum absolute atomic E-state index is 12.3. The van der Waals surface area contributed by atoms with Crippen LogP contribution in [-0.4, -0.2) is 145 Å². The molecule has 0 bridgehead atoms. The third-order valence-electron chi connectivity index (χ3n) is 6.28. The van der Waals surface area contributed by atoms with E-state index in [1.807, 2.05) is 0 Å². The molecule has 1 aliphatic heterocycles. The second-order valence-corrected chi connectivity index (χ2v) is 10.9. The SMILES string of the molecule is O=C(O)CN1CCN(CC(=O)O)CCN(C(Cc2ccc([N+](=O)[O-])cc2)C(=O)O)CCN(CP(=O)(O)O)CC1.